The second-order valence-electron chi connectivity index (χ2n) is 3.92. The van der Waals surface area contributed by atoms with Crippen LogP contribution in [0.25, 0.3) is 11.0 Å². The van der Waals surface area contributed by atoms with E-state index in [0.717, 1.165) is 28.0 Å². The van der Waals surface area contributed by atoms with Crippen LogP contribution in [0.4, 0.5) is 0 Å². The van der Waals surface area contributed by atoms with Gasteiger partial charge >= 0.3 is 0 Å². The van der Waals surface area contributed by atoms with Gasteiger partial charge in [-0.3, -0.25) is 0 Å². The second kappa shape index (κ2) is 4.31. The fourth-order valence-electron chi connectivity index (χ4n) is 1.94. The minimum atomic E-state index is -0.0650. The molecule has 2 heterocycles. The van der Waals surface area contributed by atoms with Crippen LogP contribution >= 0.6 is 11.3 Å². The molecule has 0 spiro atoms. The van der Waals surface area contributed by atoms with Crippen LogP contribution in [0.2, 0.25) is 0 Å². The van der Waals surface area contributed by atoms with Crippen LogP contribution in [0, 0.1) is 0 Å². The Morgan fingerprint density at radius 1 is 1.35 bits per heavy atom. The van der Waals surface area contributed by atoms with Crippen molar-refractivity contribution in [3.8, 4) is 0 Å². The monoisotopic (exact) mass is 244 g/mol. The number of para-hydroxylation sites is 1. The number of hydrogen-bond donors (Lipinski definition) is 1. The Balaban J connectivity index is 1.93. The number of nitrogens with two attached hydrogens (primary N) is 1. The summed E-state index contributed by atoms with van der Waals surface area (Å²) in [6.07, 6.45) is 4.31. The average Bonchev–Trinajstić information content (AvgIpc) is 2.96. The maximum absolute atomic E-state index is 6.20. The fraction of sp³-hybridized carbons (Fsp3) is 0.154. The van der Waals surface area contributed by atoms with Gasteiger partial charge in [-0.2, -0.15) is 0 Å². The van der Waals surface area contributed by atoms with E-state index in [2.05, 4.69) is 4.98 Å². The third-order valence-electron chi connectivity index (χ3n) is 2.79. The molecule has 1 atom stereocenters. The van der Waals surface area contributed by atoms with E-state index in [1.54, 1.807) is 23.8 Å². The molecule has 2 N–H and O–H groups in total. The molecule has 0 amide bonds. The molecule has 17 heavy (non-hydrogen) atoms. The van der Waals surface area contributed by atoms with E-state index in [0.29, 0.717) is 0 Å². The first kappa shape index (κ1) is 10.5. The zero-order chi connectivity index (χ0) is 11.7. The minimum absolute atomic E-state index is 0.0650. The maximum atomic E-state index is 6.20. The number of thiazole rings is 1. The summed E-state index contributed by atoms with van der Waals surface area (Å²) < 4.78 is 5.49. The zero-order valence-corrected chi connectivity index (χ0v) is 9.98. The van der Waals surface area contributed by atoms with Crippen molar-refractivity contribution in [3.05, 3.63) is 52.7 Å². The number of fused-ring (bicyclic) bond motifs is 1. The summed E-state index contributed by atoms with van der Waals surface area (Å²) in [6.45, 7) is 0. The lowest BCUT2D eigenvalue weighted by Gasteiger charge is -2.07. The van der Waals surface area contributed by atoms with Crippen LogP contribution < -0.4 is 5.73 Å². The quantitative estimate of drug-likeness (QED) is 0.770. The van der Waals surface area contributed by atoms with Gasteiger partial charge in [0.25, 0.3) is 0 Å². The van der Waals surface area contributed by atoms with E-state index in [1.807, 2.05) is 29.6 Å². The lowest BCUT2D eigenvalue weighted by atomic mass is 10.0. The normalized spacial score (nSPS) is 13.0. The van der Waals surface area contributed by atoms with E-state index < -0.39 is 0 Å². The molecule has 0 fully saturated rings. The SMILES string of the molecule is NC(Cc1nccs1)c1coc2ccccc12. The molecular weight excluding hydrogens is 232 g/mol. The minimum Gasteiger partial charge on any atom is -0.464 e. The highest BCUT2D eigenvalue weighted by atomic mass is 32.1. The standard InChI is InChI=1S/C13H12N2OS/c14-11(7-13-15-5-6-17-13)10-8-16-12-4-2-1-3-9(10)12/h1-6,8,11H,7,14H2. The summed E-state index contributed by atoms with van der Waals surface area (Å²) in [6, 6.07) is 7.88. The van der Waals surface area contributed by atoms with Crippen molar-refractivity contribution in [2.75, 3.05) is 0 Å². The van der Waals surface area contributed by atoms with Gasteiger partial charge in [0.05, 0.1) is 11.3 Å². The van der Waals surface area contributed by atoms with E-state index in [9.17, 15) is 0 Å². The molecule has 3 rings (SSSR count). The van der Waals surface area contributed by atoms with E-state index in [4.69, 9.17) is 10.2 Å². The zero-order valence-electron chi connectivity index (χ0n) is 9.17. The maximum Gasteiger partial charge on any atom is 0.134 e. The lowest BCUT2D eigenvalue weighted by molar-refractivity contribution is 0.599. The Labute approximate surface area is 103 Å². The number of benzene rings is 1. The molecule has 0 saturated heterocycles. The average molecular weight is 244 g/mol. The molecule has 3 nitrogen and oxygen atoms in total. The molecule has 4 heteroatoms. The van der Waals surface area contributed by atoms with Gasteiger partial charge in [0.15, 0.2) is 0 Å². The first-order valence-electron chi connectivity index (χ1n) is 5.44. The Kier molecular flexibility index (Phi) is 2.66. The van der Waals surface area contributed by atoms with Gasteiger partial charge in [-0.05, 0) is 6.07 Å². The molecule has 3 aromatic rings. The highest BCUT2D eigenvalue weighted by molar-refractivity contribution is 7.09. The van der Waals surface area contributed by atoms with E-state index in [1.165, 1.54) is 0 Å². The second-order valence-corrected chi connectivity index (χ2v) is 4.90. The highest BCUT2D eigenvalue weighted by Gasteiger charge is 2.14. The molecule has 86 valence electrons. The van der Waals surface area contributed by atoms with Gasteiger partial charge in [0.1, 0.15) is 5.58 Å². The number of aromatic nitrogens is 1. The van der Waals surface area contributed by atoms with Crippen LogP contribution in [0.1, 0.15) is 16.6 Å². The van der Waals surface area contributed by atoms with Crippen molar-refractivity contribution >= 4 is 22.3 Å². The van der Waals surface area contributed by atoms with Crippen molar-refractivity contribution in [2.45, 2.75) is 12.5 Å². The van der Waals surface area contributed by atoms with Crippen LogP contribution in [0.5, 0.6) is 0 Å². The summed E-state index contributed by atoms with van der Waals surface area (Å²) >= 11 is 1.63. The van der Waals surface area contributed by atoms with Crippen LogP contribution in [0.15, 0.2) is 46.5 Å². The molecular formula is C13H12N2OS. The largest absolute Gasteiger partial charge is 0.464 e. The first-order chi connectivity index (χ1) is 8.34. The molecule has 2 aromatic heterocycles. The Bertz CT molecular complexity index is 615. The van der Waals surface area contributed by atoms with Gasteiger partial charge in [0.2, 0.25) is 0 Å². The first-order valence-corrected chi connectivity index (χ1v) is 6.32. The summed E-state index contributed by atoms with van der Waals surface area (Å²) in [5, 5.41) is 4.12. The van der Waals surface area contributed by atoms with Crippen molar-refractivity contribution in [1.29, 1.82) is 0 Å². The molecule has 0 radical (unpaired) electrons. The van der Waals surface area contributed by atoms with E-state index in [-0.39, 0.29) is 6.04 Å². The molecule has 0 aliphatic heterocycles. The summed E-state index contributed by atoms with van der Waals surface area (Å²) in [5.41, 5.74) is 8.14. The Hall–Kier alpha value is -1.65. The van der Waals surface area contributed by atoms with Gasteiger partial charge < -0.3 is 10.2 Å². The molecule has 0 aliphatic carbocycles. The van der Waals surface area contributed by atoms with Crippen molar-refractivity contribution in [1.82, 2.24) is 4.98 Å². The highest BCUT2D eigenvalue weighted by Crippen LogP contribution is 2.27. The molecule has 1 aromatic carbocycles. The topological polar surface area (TPSA) is 52.0 Å². The summed E-state index contributed by atoms with van der Waals surface area (Å²) in [7, 11) is 0. The molecule has 0 saturated carbocycles. The van der Waals surface area contributed by atoms with Crippen molar-refractivity contribution in [2.24, 2.45) is 5.73 Å². The van der Waals surface area contributed by atoms with Crippen LogP contribution in [0.3, 0.4) is 0 Å². The number of furan rings is 1. The Morgan fingerprint density at radius 3 is 3.06 bits per heavy atom. The predicted molar refractivity (Wildman–Crippen MR) is 69.0 cm³/mol. The van der Waals surface area contributed by atoms with Gasteiger partial charge in [0, 0.05) is 35.0 Å². The fourth-order valence-corrected chi connectivity index (χ4v) is 2.61. The number of nitrogens with zero attached hydrogens (tertiary/aromatic N) is 1. The van der Waals surface area contributed by atoms with Gasteiger partial charge in [-0.15, -0.1) is 11.3 Å². The number of rotatable bonds is 3. The summed E-state index contributed by atoms with van der Waals surface area (Å²) in [5.74, 6) is 0. The van der Waals surface area contributed by atoms with Crippen molar-refractivity contribution < 1.29 is 4.42 Å². The molecule has 1 unspecified atom stereocenters. The van der Waals surface area contributed by atoms with Crippen LogP contribution in [-0.4, -0.2) is 4.98 Å². The predicted octanol–water partition coefficient (Wildman–Crippen LogP) is 3.13. The molecule has 0 aliphatic rings. The molecule has 0 bridgehead atoms. The third-order valence-corrected chi connectivity index (χ3v) is 3.59. The summed E-state index contributed by atoms with van der Waals surface area (Å²) in [4.78, 5) is 4.25. The number of hydrogen-bond acceptors (Lipinski definition) is 4. The van der Waals surface area contributed by atoms with Gasteiger partial charge in [-0.25, -0.2) is 4.98 Å². The third kappa shape index (κ3) is 1.97. The smallest absolute Gasteiger partial charge is 0.134 e. The lowest BCUT2D eigenvalue weighted by Crippen LogP contribution is -2.12. The van der Waals surface area contributed by atoms with Crippen LogP contribution in [-0.2, 0) is 6.42 Å². The van der Waals surface area contributed by atoms with Gasteiger partial charge in [-0.1, -0.05) is 18.2 Å². The van der Waals surface area contributed by atoms with E-state index >= 15 is 0 Å². The Morgan fingerprint density at radius 2 is 2.24 bits per heavy atom. The van der Waals surface area contributed by atoms with Crippen molar-refractivity contribution in [3.63, 3.8) is 0 Å².